The van der Waals surface area contributed by atoms with Crippen molar-refractivity contribution < 1.29 is 19.7 Å². The van der Waals surface area contributed by atoms with Gasteiger partial charge < -0.3 is 20.7 Å². The lowest BCUT2D eigenvalue weighted by molar-refractivity contribution is -0.142. The molecule has 5 rings (SSSR count). The van der Waals surface area contributed by atoms with Crippen LogP contribution < -0.4 is 10.5 Å². The zero-order valence-corrected chi connectivity index (χ0v) is 21.3. The lowest BCUT2D eigenvalue weighted by Gasteiger charge is -2.26. The lowest BCUT2D eigenvalue weighted by atomic mass is 9.80. The largest absolute Gasteiger partial charge is 0.496 e. The number of hydrogen-bond acceptors (Lipinski definition) is 7. The predicted molar refractivity (Wildman–Crippen MR) is 139 cm³/mol. The Kier molecular flexibility index (Phi) is 6.63. The minimum Gasteiger partial charge on any atom is -0.496 e. The van der Waals surface area contributed by atoms with Gasteiger partial charge in [0.1, 0.15) is 11.6 Å². The number of carbonyl (C=O) groups is 1. The van der Waals surface area contributed by atoms with Gasteiger partial charge in [0.15, 0.2) is 5.65 Å². The summed E-state index contributed by atoms with van der Waals surface area (Å²) in [6.45, 7) is -0.125. The number of benzene rings is 1. The summed E-state index contributed by atoms with van der Waals surface area (Å²) in [6, 6.07) is 9.46. The van der Waals surface area contributed by atoms with Crippen LogP contribution in [0.2, 0.25) is 0 Å². The predicted octanol–water partition coefficient (Wildman–Crippen LogP) is 4.66. The Morgan fingerprint density at radius 3 is 2.56 bits per heavy atom. The van der Waals surface area contributed by atoms with Gasteiger partial charge in [-0.25, -0.2) is 4.98 Å². The average Bonchev–Trinajstić information content (AvgIpc) is 3.34. The van der Waals surface area contributed by atoms with Crippen molar-refractivity contribution in [2.75, 3.05) is 12.8 Å². The number of pyridine rings is 1. The molecular formula is C26H26BrN5O4. The number of nitrogen functional groups attached to an aromatic ring is 1. The normalized spacial score (nSPS) is 17.9. The van der Waals surface area contributed by atoms with Crippen LogP contribution in [0.5, 0.6) is 5.75 Å². The Labute approximate surface area is 216 Å². The Morgan fingerprint density at radius 1 is 1.17 bits per heavy atom. The number of rotatable bonds is 6. The summed E-state index contributed by atoms with van der Waals surface area (Å²) in [5.74, 6) is 0.190. The van der Waals surface area contributed by atoms with Crippen molar-refractivity contribution in [1.82, 2.24) is 19.6 Å². The molecule has 0 amide bonds. The first kappa shape index (κ1) is 24.2. The van der Waals surface area contributed by atoms with Crippen LogP contribution in [0.1, 0.15) is 42.9 Å². The third kappa shape index (κ3) is 4.31. The van der Waals surface area contributed by atoms with Crippen LogP contribution in [0.25, 0.3) is 28.0 Å². The van der Waals surface area contributed by atoms with Gasteiger partial charge in [0.05, 0.1) is 41.7 Å². The molecule has 1 fully saturated rings. The van der Waals surface area contributed by atoms with Crippen molar-refractivity contribution in [2.45, 2.75) is 38.2 Å². The summed E-state index contributed by atoms with van der Waals surface area (Å²) in [6.07, 6.45) is 6.24. The smallest absolute Gasteiger partial charge is 0.306 e. The molecule has 3 heterocycles. The van der Waals surface area contributed by atoms with Crippen LogP contribution >= 0.6 is 15.9 Å². The van der Waals surface area contributed by atoms with Gasteiger partial charge >= 0.3 is 5.97 Å². The van der Waals surface area contributed by atoms with Crippen molar-refractivity contribution in [1.29, 1.82) is 0 Å². The van der Waals surface area contributed by atoms with Crippen molar-refractivity contribution in [3.63, 3.8) is 0 Å². The Bertz CT molecular complexity index is 1430. The lowest BCUT2D eigenvalue weighted by Crippen LogP contribution is -2.21. The number of nitrogens with zero attached hydrogens (tertiary/aromatic N) is 4. The number of ether oxygens (including phenoxy) is 1. The average molecular weight is 552 g/mol. The van der Waals surface area contributed by atoms with Gasteiger partial charge in [0, 0.05) is 34.4 Å². The maximum Gasteiger partial charge on any atom is 0.306 e. The first-order chi connectivity index (χ1) is 17.4. The standard InChI is InChI=1S/C26H26BrN5O4/c1-36-21-9-7-16(10-18(21)13-33)20-8-6-17(11-29-20)19-12-30-32-24(28)22(27)23(31-25(19)32)14-2-4-15(5-3-14)26(34)35/h6-12,14-15,33H,2-5,13,28H2,1H3,(H,34,35). The highest BCUT2D eigenvalue weighted by Crippen LogP contribution is 2.40. The number of fused-ring (bicyclic) bond motifs is 1. The highest BCUT2D eigenvalue weighted by Gasteiger charge is 2.30. The van der Waals surface area contributed by atoms with Gasteiger partial charge in [-0.3, -0.25) is 9.78 Å². The molecule has 36 heavy (non-hydrogen) atoms. The van der Waals surface area contributed by atoms with Crippen LogP contribution in [-0.4, -0.2) is 42.9 Å². The monoisotopic (exact) mass is 551 g/mol. The van der Waals surface area contributed by atoms with Gasteiger partial charge in [-0.2, -0.15) is 9.61 Å². The van der Waals surface area contributed by atoms with E-state index in [4.69, 9.17) is 15.5 Å². The molecule has 0 unspecified atom stereocenters. The Morgan fingerprint density at radius 2 is 1.92 bits per heavy atom. The number of carboxylic acids is 1. The van der Waals surface area contributed by atoms with Crippen molar-refractivity contribution in [3.05, 3.63) is 58.5 Å². The first-order valence-electron chi connectivity index (χ1n) is 11.7. The maximum absolute atomic E-state index is 11.4. The molecule has 4 aromatic rings. The second-order valence-electron chi connectivity index (χ2n) is 8.99. The van der Waals surface area contributed by atoms with E-state index in [0.717, 1.165) is 40.9 Å². The SMILES string of the molecule is COc1ccc(-c2ccc(-c3cnn4c(N)c(Br)c(C5CCC(C(=O)O)CC5)nc34)cn2)cc1CO. The van der Waals surface area contributed by atoms with E-state index in [1.54, 1.807) is 24.0 Å². The minimum atomic E-state index is -0.730. The fraction of sp³-hybridized carbons (Fsp3) is 0.308. The Hall–Kier alpha value is -3.50. The number of halogens is 1. The molecule has 1 aliphatic rings. The molecule has 186 valence electrons. The van der Waals surface area contributed by atoms with Gasteiger partial charge in [-0.15, -0.1) is 0 Å². The first-order valence-corrected chi connectivity index (χ1v) is 12.5. The van der Waals surface area contributed by atoms with Gasteiger partial charge in [0.2, 0.25) is 0 Å². The molecule has 0 saturated heterocycles. The Balaban J connectivity index is 1.48. The van der Waals surface area contributed by atoms with Crippen LogP contribution in [-0.2, 0) is 11.4 Å². The van der Waals surface area contributed by atoms with Crippen LogP contribution in [0.3, 0.4) is 0 Å². The van der Waals surface area contributed by atoms with E-state index in [1.165, 1.54) is 0 Å². The zero-order chi connectivity index (χ0) is 25.4. The number of aromatic nitrogens is 4. The van der Waals surface area contributed by atoms with Crippen molar-refractivity contribution in [2.24, 2.45) is 5.92 Å². The van der Waals surface area contributed by atoms with Crippen molar-refractivity contribution in [3.8, 4) is 28.1 Å². The number of anilines is 1. The number of aliphatic hydroxyl groups excluding tert-OH is 1. The number of methoxy groups -OCH3 is 1. The molecule has 1 saturated carbocycles. The highest BCUT2D eigenvalue weighted by molar-refractivity contribution is 9.10. The van der Waals surface area contributed by atoms with E-state index in [0.29, 0.717) is 40.1 Å². The van der Waals surface area contributed by atoms with Crippen LogP contribution in [0.15, 0.2) is 47.2 Å². The fourth-order valence-electron chi connectivity index (χ4n) is 4.89. The van der Waals surface area contributed by atoms with Gasteiger partial charge in [-0.1, -0.05) is 6.07 Å². The van der Waals surface area contributed by atoms with Crippen LogP contribution in [0, 0.1) is 5.92 Å². The van der Waals surface area contributed by atoms with E-state index < -0.39 is 5.97 Å². The molecule has 0 radical (unpaired) electrons. The molecule has 4 N–H and O–H groups in total. The summed E-state index contributed by atoms with van der Waals surface area (Å²) >= 11 is 3.60. The molecule has 10 heteroatoms. The molecule has 9 nitrogen and oxygen atoms in total. The number of nitrogens with two attached hydrogens (primary N) is 1. The topological polar surface area (TPSA) is 136 Å². The molecule has 0 spiro atoms. The van der Waals surface area contributed by atoms with Crippen LogP contribution in [0.4, 0.5) is 5.82 Å². The van der Waals surface area contributed by atoms with E-state index in [1.807, 2.05) is 30.3 Å². The summed E-state index contributed by atoms with van der Waals surface area (Å²) in [5, 5.41) is 23.4. The van der Waals surface area contributed by atoms with E-state index >= 15 is 0 Å². The third-order valence-corrected chi connectivity index (χ3v) is 7.74. The molecule has 0 atom stereocenters. The van der Waals surface area contributed by atoms with E-state index in [-0.39, 0.29) is 18.4 Å². The molecule has 1 aromatic carbocycles. The highest BCUT2D eigenvalue weighted by atomic mass is 79.9. The molecule has 1 aliphatic carbocycles. The zero-order valence-electron chi connectivity index (χ0n) is 19.7. The number of aliphatic carboxylic acids is 1. The van der Waals surface area contributed by atoms with Gasteiger partial charge in [-0.05, 0) is 65.9 Å². The summed E-state index contributed by atoms with van der Waals surface area (Å²) in [5.41, 5.74) is 11.9. The van der Waals surface area contributed by atoms with Crippen molar-refractivity contribution >= 4 is 33.4 Å². The third-order valence-electron chi connectivity index (χ3n) is 6.93. The quantitative estimate of drug-likeness (QED) is 0.314. The minimum absolute atomic E-state index is 0.125. The number of hydrogen-bond donors (Lipinski definition) is 3. The summed E-state index contributed by atoms with van der Waals surface area (Å²) in [4.78, 5) is 20.9. The molecule has 0 bridgehead atoms. The molecule has 3 aromatic heterocycles. The van der Waals surface area contributed by atoms with E-state index in [2.05, 4.69) is 26.0 Å². The fourth-order valence-corrected chi connectivity index (χ4v) is 5.47. The van der Waals surface area contributed by atoms with E-state index in [9.17, 15) is 15.0 Å². The number of aliphatic hydroxyl groups is 1. The molecular weight excluding hydrogens is 526 g/mol. The maximum atomic E-state index is 11.4. The van der Waals surface area contributed by atoms with Gasteiger partial charge in [0.25, 0.3) is 0 Å². The molecule has 0 aliphatic heterocycles. The summed E-state index contributed by atoms with van der Waals surface area (Å²) < 4.78 is 7.60. The second-order valence-corrected chi connectivity index (χ2v) is 9.79. The number of carboxylic acid groups (broad SMARTS) is 1. The summed E-state index contributed by atoms with van der Waals surface area (Å²) in [7, 11) is 1.57. The second kappa shape index (κ2) is 9.87.